The number of aryl methyl sites for hydroxylation is 3. The molecule has 0 aliphatic carbocycles. The van der Waals surface area contributed by atoms with Crippen LogP contribution in [0.3, 0.4) is 0 Å². The number of non-ortho nitro benzene ring substituents is 1. The topological polar surface area (TPSA) is 97.5 Å². The minimum Gasteiger partial charge on any atom is -0.318 e. The van der Waals surface area contributed by atoms with Gasteiger partial charge in [0.2, 0.25) is 0 Å². The predicted molar refractivity (Wildman–Crippen MR) is 139 cm³/mol. The van der Waals surface area contributed by atoms with Crippen molar-refractivity contribution in [3.8, 4) is 5.69 Å². The first-order valence-corrected chi connectivity index (χ1v) is 11.5. The van der Waals surface area contributed by atoms with Crippen LogP contribution in [0.5, 0.6) is 0 Å². The molecule has 0 bridgehead atoms. The summed E-state index contributed by atoms with van der Waals surface area (Å²) in [6.45, 7) is 7.62. The third-order valence-electron chi connectivity index (χ3n) is 6.11. The molecule has 1 saturated heterocycles. The molecule has 1 N–H and O–H groups in total. The van der Waals surface area contributed by atoms with E-state index in [0.29, 0.717) is 11.3 Å². The Morgan fingerprint density at radius 3 is 2.34 bits per heavy atom. The molecule has 8 nitrogen and oxygen atoms in total. The van der Waals surface area contributed by atoms with Crippen LogP contribution in [0.2, 0.25) is 0 Å². The van der Waals surface area contributed by atoms with Gasteiger partial charge in [-0.25, -0.2) is 0 Å². The molecule has 4 rings (SSSR count). The lowest BCUT2D eigenvalue weighted by Gasteiger charge is -2.29. The van der Waals surface area contributed by atoms with Gasteiger partial charge in [-0.05, 0) is 86.4 Å². The van der Waals surface area contributed by atoms with Crippen molar-refractivity contribution in [3.05, 3.63) is 92.3 Å². The summed E-state index contributed by atoms with van der Waals surface area (Å²) in [5, 5.41) is 13.8. The maximum atomic E-state index is 13.4. The minimum absolute atomic E-state index is 0.0172. The Hall–Kier alpha value is -4.11. The first-order chi connectivity index (χ1) is 16.6. The lowest BCUT2D eigenvalue weighted by molar-refractivity contribution is -0.384. The standard InChI is InChI=1S/C26H24N4O4S/c1-5-18-6-8-20(9-7-18)29-25(32)22(24(31)27-26(29)35)14-19-13-16(3)28(17(19)4)23-11-10-21(30(33)34)12-15(23)2/h6-14H,5H2,1-4H3,(H,27,31,35)/b22-14+. The summed E-state index contributed by atoms with van der Waals surface area (Å²) in [7, 11) is 0. The van der Waals surface area contributed by atoms with Crippen LogP contribution in [0.25, 0.3) is 11.8 Å². The third kappa shape index (κ3) is 4.38. The van der Waals surface area contributed by atoms with Gasteiger partial charge in [0.15, 0.2) is 5.11 Å². The zero-order valence-corrected chi connectivity index (χ0v) is 20.6. The van der Waals surface area contributed by atoms with E-state index in [1.54, 1.807) is 31.2 Å². The van der Waals surface area contributed by atoms with Crippen molar-refractivity contribution in [3.63, 3.8) is 0 Å². The average molecular weight is 489 g/mol. The Morgan fingerprint density at radius 1 is 1.06 bits per heavy atom. The molecule has 1 aliphatic rings. The molecule has 2 heterocycles. The summed E-state index contributed by atoms with van der Waals surface area (Å²) in [6.07, 6.45) is 2.43. The van der Waals surface area contributed by atoms with Crippen LogP contribution in [-0.4, -0.2) is 26.4 Å². The van der Waals surface area contributed by atoms with Crippen LogP contribution in [-0.2, 0) is 16.0 Å². The average Bonchev–Trinajstić information content (AvgIpc) is 3.09. The van der Waals surface area contributed by atoms with E-state index in [2.05, 4.69) is 5.32 Å². The van der Waals surface area contributed by atoms with Crippen molar-refractivity contribution in [2.75, 3.05) is 4.90 Å². The van der Waals surface area contributed by atoms with Crippen LogP contribution in [0.4, 0.5) is 11.4 Å². The number of anilines is 1. The van der Waals surface area contributed by atoms with Crippen molar-refractivity contribution in [2.45, 2.75) is 34.1 Å². The first-order valence-electron chi connectivity index (χ1n) is 11.1. The van der Waals surface area contributed by atoms with Gasteiger partial charge in [-0.15, -0.1) is 0 Å². The highest BCUT2D eigenvalue weighted by atomic mass is 32.1. The molecule has 1 fully saturated rings. The van der Waals surface area contributed by atoms with Crippen LogP contribution in [0, 0.1) is 30.9 Å². The SMILES string of the molecule is CCc1ccc(N2C(=O)/C(=C/c3cc(C)n(-c4ccc([N+](=O)[O-])cc4C)c3C)C(=O)NC2=S)cc1. The number of amides is 2. The summed E-state index contributed by atoms with van der Waals surface area (Å²) in [5.41, 5.74) is 5.55. The number of aromatic nitrogens is 1. The molecule has 0 atom stereocenters. The fourth-order valence-electron chi connectivity index (χ4n) is 4.24. The number of hydrogen-bond donors (Lipinski definition) is 1. The van der Waals surface area contributed by atoms with Crippen molar-refractivity contribution < 1.29 is 14.5 Å². The highest BCUT2D eigenvalue weighted by Crippen LogP contribution is 2.28. The van der Waals surface area contributed by atoms with Gasteiger partial charge in [0, 0.05) is 29.2 Å². The molecule has 1 aromatic heterocycles. The molecule has 9 heteroatoms. The van der Waals surface area contributed by atoms with E-state index >= 15 is 0 Å². The Morgan fingerprint density at radius 2 is 1.74 bits per heavy atom. The molecule has 1 aliphatic heterocycles. The van der Waals surface area contributed by atoms with Gasteiger partial charge in [-0.1, -0.05) is 19.1 Å². The van der Waals surface area contributed by atoms with E-state index in [9.17, 15) is 19.7 Å². The highest BCUT2D eigenvalue weighted by Gasteiger charge is 2.34. The summed E-state index contributed by atoms with van der Waals surface area (Å²) in [4.78, 5) is 38.1. The second kappa shape index (κ2) is 9.27. The molecule has 0 radical (unpaired) electrons. The summed E-state index contributed by atoms with van der Waals surface area (Å²) >= 11 is 5.29. The smallest absolute Gasteiger partial charge is 0.270 e. The number of carbonyl (C=O) groups is 2. The maximum absolute atomic E-state index is 13.4. The molecule has 3 aromatic rings. The fourth-order valence-corrected chi connectivity index (χ4v) is 4.52. The van der Waals surface area contributed by atoms with E-state index in [1.807, 2.05) is 43.5 Å². The molecular formula is C26H24N4O4S. The predicted octanol–water partition coefficient (Wildman–Crippen LogP) is 4.70. The fraction of sp³-hybridized carbons (Fsp3) is 0.192. The third-order valence-corrected chi connectivity index (χ3v) is 6.39. The van der Waals surface area contributed by atoms with E-state index in [4.69, 9.17) is 12.2 Å². The van der Waals surface area contributed by atoms with Gasteiger partial charge in [0.25, 0.3) is 17.5 Å². The molecular weight excluding hydrogens is 464 g/mol. The zero-order chi connectivity index (χ0) is 25.4. The summed E-state index contributed by atoms with van der Waals surface area (Å²) < 4.78 is 1.95. The summed E-state index contributed by atoms with van der Waals surface area (Å²) in [6, 6.07) is 14.0. The van der Waals surface area contributed by atoms with Crippen LogP contribution >= 0.6 is 12.2 Å². The number of carbonyl (C=O) groups excluding carboxylic acids is 2. The van der Waals surface area contributed by atoms with Crippen molar-refractivity contribution in [1.29, 1.82) is 0 Å². The monoisotopic (exact) mass is 488 g/mol. The van der Waals surface area contributed by atoms with Gasteiger partial charge >= 0.3 is 0 Å². The van der Waals surface area contributed by atoms with E-state index in [0.717, 1.165) is 34.6 Å². The molecule has 2 amide bonds. The van der Waals surface area contributed by atoms with E-state index in [-0.39, 0.29) is 16.4 Å². The summed E-state index contributed by atoms with van der Waals surface area (Å²) in [5.74, 6) is -1.06. The zero-order valence-electron chi connectivity index (χ0n) is 19.8. The second-order valence-electron chi connectivity index (χ2n) is 8.37. The van der Waals surface area contributed by atoms with Gasteiger partial charge in [-0.3, -0.25) is 29.9 Å². The molecule has 0 saturated carbocycles. The second-order valence-corrected chi connectivity index (χ2v) is 8.75. The number of nitro benzene ring substituents is 1. The number of benzene rings is 2. The molecule has 35 heavy (non-hydrogen) atoms. The number of rotatable bonds is 5. The first kappa shape index (κ1) is 24.0. The maximum Gasteiger partial charge on any atom is 0.270 e. The van der Waals surface area contributed by atoms with Crippen LogP contribution in [0.1, 0.15) is 35.0 Å². The van der Waals surface area contributed by atoms with Crippen LogP contribution in [0.15, 0.2) is 54.1 Å². The van der Waals surface area contributed by atoms with Crippen molar-refractivity contribution >= 4 is 46.6 Å². The van der Waals surface area contributed by atoms with Gasteiger partial charge in [0.05, 0.1) is 10.6 Å². The Bertz CT molecular complexity index is 1420. The number of nitrogens with zero attached hydrogens (tertiary/aromatic N) is 3. The van der Waals surface area contributed by atoms with Gasteiger partial charge < -0.3 is 4.57 Å². The number of nitrogens with one attached hydrogen (secondary N) is 1. The van der Waals surface area contributed by atoms with Gasteiger partial charge in [0.1, 0.15) is 5.57 Å². The highest BCUT2D eigenvalue weighted by molar-refractivity contribution is 7.80. The largest absolute Gasteiger partial charge is 0.318 e. The van der Waals surface area contributed by atoms with E-state index in [1.165, 1.54) is 17.0 Å². The Kier molecular flexibility index (Phi) is 6.36. The normalized spacial score (nSPS) is 15.0. The quantitative estimate of drug-likeness (QED) is 0.185. The van der Waals surface area contributed by atoms with E-state index < -0.39 is 16.7 Å². The van der Waals surface area contributed by atoms with Crippen LogP contribution < -0.4 is 10.2 Å². The Balaban J connectivity index is 1.74. The van der Waals surface area contributed by atoms with Gasteiger partial charge in [-0.2, -0.15) is 0 Å². The van der Waals surface area contributed by atoms with Crippen molar-refractivity contribution in [2.24, 2.45) is 0 Å². The van der Waals surface area contributed by atoms with Crippen molar-refractivity contribution in [1.82, 2.24) is 9.88 Å². The molecule has 178 valence electrons. The molecule has 0 unspecified atom stereocenters. The molecule has 0 spiro atoms. The lowest BCUT2D eigenvalue weighted by Crippen LogP contribution is -2.54. The number of nitro groups is 1. The number of hydrogen-bond acceptors (Lipinski definition) is 5. The Labute approximate surface area is 208 Å². The molecule has 2 aromatic carbocycles. The minimum atomic E-state index is -0.558. The lowest BCUT2D eigenvalue weighted by atomic mass is 10.1. The number of thiocarbonyl (C=S) groups is 1.